The fourth-order valence-corrected chi connectivity index (χ4v) is 2.56. The fraction of sp³-hybridized carbons (Fsp3) is 0.133. The quantitative estimate of drug-likeness (QED) is 0.542. The van der Waals surface area contributed by atoms with Crippen molar-refractivity contribution in [3.63, 3.8) is 0 Å². The lowest BCUT2D eigenvalue weighted by molar-refractivity contribution is 0.415. The van der Waals surface area contributed by atoms with E-state index in [4.69, 9.17) is 27.9 Å². The molecule has 3 rings (SSSR count). The molecule has 106 valence electrons. The van der Waals surface area contributed by atoms with E-state index >= 15 is 0 Å². The van der Waals surface area contributed by atoms with Crippen molar-refractivity contribution in [1.29, 1.82) is 0 Å². The van der Waals surface area contributed by atoms with Gasteiger partial charge in [-0.3, -0.25) is 4.98 Å². The van der Waals surface area contributed by atoms with Crippen LogP contribution in [0.2, 0.25) is 10.4 Å². The van der Waals surface area contributed by atoms with E-state index in [9.17, 15) is 0 Å². The van der Waals surface area contributed by atoms with Gasteiger partial charge in [0.05, 0.1) is 12.6 Å². The Balaban J connectivity index is 2.10. The minimum atomic E-state index is 0.140. The summed E-state index contributed by atoms with van der Waals surface area (Å²) in [5, 5.41) is 1.54. The number of nitrogens with zero attached hydrogens (tertiary/aromatic N) is 3. The third-order valence-corrected chi connectivity index (χ3v) is 3.69. The van der Waals surface area contributed by atoms with Crippen LogP contribution in [0.1, 0.15) is 11.1 Å². The molecule has 0 amide bonds. The maximum atomic E-state index is 6.12. The molecule has 0 aliphatic heterocycles. The summed E-state index contributed by atoms with van der Waals surface area (Å²) in [5.41, 5.74) is 2.72. The lowest BCUT2D eigenvalue weighted by Gasteiger charge is -2.10. The normalized spacial score (nSPS) is 10.8. The number of rotatable bonds is 3. The zero-order chi connectivity index (χ0) is 14.8. The molecule has 0 radical (unpaired) electrons. The van der Waals surface area contributed by atoms with E-state index in [1.165, 1.54) is 0 Å². The van der Waals surface area contributed by atoms with Gasteiger partial charge in [-0.2, -0.15) is 0 Å². The Morgan fingerprint density at radius 3 is 2.76 bits per heavy atom. The van der Waals surface area contributed by atoms with Crippen molar-refractivity contribution < 1.29 is 4.74 Å². The van der Waals surface area contributed by atoms with Gasteiger partial charge in [-0.15, -0.1) is 0 Å². The Labute approximate surface area is 131 Å². The summed E-state index contributed by atoms with van der Waals surface area (Å²) in [5.74, 6) is 0.752. The van der Waals surface area contributed by atoms with Gasteiger partial charge in [0.15, 0.2) is 0 Å². The largest absolute Gasteiger partial charge is 0.497 e. The molecule has 4 nitrogen and oxygen atoms in total. The van der Waals surface area contributed by atoms with Crippen LogP contribution in [-0.2, 0) is 6.42 Å². The summed E-state index contributed by atoms with van der Waals surface area (Å²) in [6, 6.07) is 7.79. The molecule has 21 heavy (non-hydrogen) atoms. The standard InChI is InChI=1S/C15H11Cl2N3O/c1-21-11-6-9(12-3-2-4-18-13(12)7-11)5-10-8-19-15(17)20-14(10)16/h2-4,6-8H,5H2,1H3. The molecular weight excluding hydrogens is 309 g/mol. The first-order valence-electron chi connectivity index (χ1n) is 6.26. The lowest BCUT2D eigenvalue weighted by Crippen LogP contribution is -1.97. The van der Waals surface area contributed by atoms with Crippen LogP contribution in [0.15, 0.2) is 36.7 Å². The molecule has 1 aromatic carbocycles. The van der Waals surface area contributed by atoms with Gasteiger partial charge in [0.2, 0.25) is 5.28 Å². The van der Waals surface area contributed by atoms with E-state index in [2.05, 4.69) is 15.0 Å². The molecule has 0 saturated heterocycles. The second-order valence-electron chi connectivity index (χ2n) is 4.49. The van der Waals surface area contributed by atoms with Crippen molar-refractivity contribution in [2.45, 2.75) is 6.42 Å². The number of benzene rings is 1. The van der Waals surface area contributed by atoms with Crippen molar-refractivity contribution >= 4 is 34.1 Å². The number of aromatic nitrogens is 3. The number of halogens is 2. The van der Waals surface area contributed by atoms with Crippen LogP contribution in [0.25, 0.3) is 10.9 Å². The van der Waals surface area contributed by atoms with Gasteiger partial charge >= 0.3 is 0 Å². The Hall–Kier alpha value is -1.91. The predicted molar refractivity (Wildman–Crippen MR) is 83.2 cm³/mol. The molecule has 0 saturated carbocycles. The van der Waals surface area contributed by atoms with E-state index in [-0.39, 0.29) is 5.28 Å². The smallest absolute Gasteiger partial charge is 0.223 e. The maximum absolute atomic E-state index is 6.12. The van der Waals surface area contributed by atoms with E-state index in [0.717, 1.165) is 27.8 Å². The lowest BCUT2D eigenvalue weighted by atomic mass is 10.0. The van der Waals surface area contributed by atoms with Crippen molar-refractivity contribution in [2.75, 3.05) is 7.11 Å². The van der Waals surface area contributed by atoms with Gasteiger partial charge in [0.1, 0.15) is 10.9 Å². The monoisotopic (exact) mass is 319 g/mol. The average molecular weight is 320 g/mol. The van der Waals surface area contributed by atoms with Crippen molar-refractivity contribution in [3.8, 4) is 5.75 Å². The van der Waals surface area contributed by atoms with Gasteiger partial charge in [-0.25, -0.2) is 9.97 Å². The molecule has 0 aliphatic carbocycles. The Bertz CT molecular complexity index is 808. The number of hydrogen-bond acceptors (Lipinski definition) is 4. The molecular formula is C15H11Cl2N3O. The van der Waals surface area contributed by atoms with Crippen molar-refractivity contribution in [1.82, 2.24) is 15.0 Å². The summed E-state index contributed by atoms with van der Waals surface area (Å²) >= 11 is 11.8. The number of fused-ring (bicyclic) bond motifs is 1. The summed E-state index contributed by atoms with van der Waals surface area (Å²) in [6.45, 7) is 0. The minimum absolute atomic E-state index is 0.140. The Kier molecular flexibility index (Phi) is 3.90. The van der Waals surface area contributed by atoms with Crippen LogP contribution < -0.4 is 4.74 Å². The van der Waals surface area contributed by atoms with E-state index in [1.54, 1.807) is 19.5 Å². The Morgan fingerprint density at radius 2 is 2.00 bits per heavy atom. The second kappa shape index (κ2) is 5.84. The minimum Gasteiger partial charge on any atom is -0.497 e. The number of pyridine rings is 1. The third kappa shape index (κ3) is 2.91. The topological polar surface area (TPSA) is 47.9 Å². The first-order chi connectivity index (χ1) is 10.2. The fourth-order valence-electron chi connectivity index (χ4n) is 2.18. The van der Waals surface area contributed by atoms with Gasteiger partial charge in [-0.1, -0.05) is 17.7 Å². The highest BCUT2D eigenvalue weighted by molar-refractivity contribution is 6.32. The Morgan fingerprint density at radius 1 is 1.14 bits per heavy atom. The summed E-state index contributed by atoms with van der Waals surface area (Å²) in [4.78, 5) is 12.3. The molecule has 0 N–H and O–H groups in total. The van der Waals surface area contributed by atoms with Crippen LogP contribution >= 0.6 is 23.2 Å². The highest BCUT2D eigenvalue weighted by Crippen LogP contribution is 2.27. The van der Waals surface area contributed by atoms with Crippen LogP contribution in [0.4, 0.5) is 0 Å². The van der Waals surface area contributed by atoms with Crippen LogP contribution in [-0.4, -0.2) is 22.1 Å². The molecule has 2 heterocycles. The van der Waals surface area contributed by atoms with Crippen LogP contribution in [0.5, 0.6) is 5.75 Å². The number of ether oxygens (including phenoxy) is 1. The van der Waals surface area contributed by atoms with E-state index < -0.39 is 0 Å². The highest BCUT2D eigenvalue weighted by Gasteiger charge is 2.10. The van der Waals surface area contributed by atoms with Gasteiger partial charge < -0.3 is 4.74 Å². The summed E-state index contributed by atoms with van der Waals surface area (Å²) < 4.78 is 5.32. The van der Waals surface area contributed by atoms with Gasteiger partial charge in [0, 0.05) is 35.8 Å². The zero-order valence-electron chi connectivity index (χ0n) is 11.2. The first-order valence-corrected chi connectivity index (χ1v) is 7.01. The van der Waals surface area contributed by atoms with Crippen LogP contribution in [0, 0.1) is 0 Å². The molecule has 0 spiro atoms. The maximum Gasteiger partial charge on any atom is 0.223 e. The second-order valence-corrected chi connectivity index (χ2v) is 5.18. The molecule has 0 fully saturated rings. The summed E-state index contributed by atoms with van der Waals surface area (Å²) in [7, 11) is 1.63. The molecule has 0 bridgehead atoms. The van der Waals surface area contributed by atoms with Crippen molar-refractivity contribution in [3.05, 3.63) is 58.2 Å². The molecule has 3 aromatic rings. The highest BCUT2D eigenvalue weighted by atomic mass is 35.5. The number of methoxy groups -OCH3 is 1. The van der Waals surface area contributed by atoms with Gasteiger partial charge in [0.25, 0.3) is 0 Å². The third-order valence-electron chi connectivity index (χ3n) is 3.18. The molecule has 6 heteroatoms. The SMILES string of the molecule is COc1cc(Cc2cnc(Cl)nc2Cl)c2cccnc2c1. The molecule has 2 aromatic heterocycles. The summed E-state index contributed by atoms with van der Waals surface area (Å²) in [6.07, 6.45) is 3.97. The average Bonchev–Trinajstić information content (AvgIpc) is 2.49. The number of hydrogen-bond donors (Lipinski definition) is 0. The van der Waals surface area contributed by atoms with Crippen LogP contribution in [0.3, 0.4) is 0 Å². The van der Waals surface area contributed by atoms with Crippen molar-refractivity contribution in [2.24, 2.45) is 0 Å². The zero-order valence-corrected chi connectivity index (χ0v) is 12.7. The van der Waals surface area contributed by atoms with Gasteiger partial charge in [-0.05, 0) is 29.3 Å². The van der Waals surface area contributed by atoms with E-state index in [1.807, 2.05) is 24.3 Å². The predicted octanol–water partition coefficient (Wildman–Crippen LogP) is 3.93. The molecule has 0 aliphatic rings. The van der Waals surface area contributed by atoms with E-state index in [0.29, 0.717) is 11.6 Å². The molecule has 0 atom stereocenters. The first kappa shape index (κ1) is 14.0. The molecule has 0 unspecified atom stereocenters.